The number of carbonyl (C=O) groups is 2. The van der Waals surface area contributed by atoms with Crippen molar-refractivity contribution in [2.24, 2.45) is 0 Å². The van der Waals surface area contributed by atoms with Gasteiger partial charge in [-0.05, 0) is 27.7 Å². The highest BCUT2D eigenvalue weighted by Gasteiger charge is 2.28. The molecular weight excluding hydrogens is 224 g/mol. The fourth-order valence-electron chi connectivity index (χ4n) is 1.01. The average molecular weight is 246 g/mol. The Bertz CT molecular complexity index is 286. The lowest BCUT2D eigenvalue weighted by Crippen LogP contribution is -2.47. The number of likely N-dealkylation sites (N-methyl/N-ethyl adjacent to an activating group) is 2. The van der Waals surface area contributed by atoms with Crippen LogP contribution in [0.4, 0.5) is 4.79 Å². The third-order valence-corrected chi connectivity index (χ3v) is 2.20. The Kier molecular flexibility index (Phi) is 5.41. The van der Waals surface area contributed by atoms with Crippen molar-refractivity contribution in [1.29, 1.82) is 0 Å². The minimum atomic E-state index is -0.644. The van der Waals surface area contributed by atoms with Gasteiger partial charge >= 0.3 is 6.09 Å². The van der Waals surface area contributed by atoms with Crippen LogP contribution < -0.4 is 0 Å². The van der Waals surface area contributed by atoms with Crippen LogP contribution in [0.1, 0.15) is 27.7 Å². The van der Waals surface area contributed by atoms with Gasteiger partial charge in [-0.1, -0.05) is 0 Å². The van der Waals surface area contributed by atoms with Gasteiger partial charge in [-0.25, -0.2) is 9.86 Å². The van der Waals surface area contributed by atoms with Gasteiger partial charge in [-0.2, -0.15) is 0 Å². The van der Waals surface area contributed by atoms with Crippen LogP contribution in [-0.2, 0) is 14.4 Å². The van der Waals surface area contributed by atoms with E-state index in [2.05, 4.69) is 0 Å². The van der Waals surface area contributed by atoms with Gasteiger partial charge in [0.2, 0.25) is 0 Å². The molecule has 0 heterocycles. The highest BCUT2D eigenvalue weighted by Crippen LogP contribution is 2.11. The van der Waals surface area contributed by atoms with E-state index in [-0.39, 0.29) is 5.91 Å². The summed E-state index contributed by atoms with van der Waals surface area (Å²) >= 11 is 0. The summed E-state index contributed by atoms with van der Waals surface area (Å²) in [5.41, 5.74) is -0.582. The van der Waals surface area contributed by atoms with Crippen LogP contribution in [0.3, 0.4) is 0 Å². The maximum absolute atomic E-state index is 11.7. The monoisotopic (exact) mass is 246 g/mol. The normalized spacial score (nSPS) is 12.9. The number of hydrogen-bond acceptors (Lipinski definition) is 4. The zero-order valence-electron chi connectivity index (χ0n) is 11.6. The molecule has 1 unspecified atom stereocenters. The molecule has 6 heteroatoms. The van der Waals surface area contributed by atoms with Crippen molar-refractivity contribution >= 4 is 12.0 Å². The largest absolute Gasteiger partial charge is 0.444 e. The zero-order chi connectivity index (χ0) is 13.8. The van der Waals surface area contributed by atoms with Crippen LogP contribution >= 0.6 is 0 Å². The number of ether oxygens (including phenoxy) is 1. The molecule has 0 spiro atoms. The standard InChI is InChI=1S/C11H22N2O4/c1-8(9(14)13(6)16-7)12(5)10(15)17-11(2,3)4/h8H,1-7H3. The molecule has 0 aliphatic rings. The van der Waals surface area contributed by atoms with Gasteiger partial charge in [0.25, 0.3) is 5.91 Å². The van der Waals surface area contributed by atoms with Gasteiger partial charge < -0.3 is 4.74 Å². The molecule has 0 aliphatic carbocycles. The molecule has 100 valence electrons. The molecule has 17 heavy (non-hydrogen) atoms. The molecule has 0 aromatic rings. The molecular formula is C11H22N2O4. The number of hydroxylamine groups is 2. The van der Waals surface area contributed by atoms with Gasteiger partial charge in [0, 0.05) is 14.1 Å². The lowest BCUT2D eigenvalue weighted by atomic mass is 10.2. The van der Waals surface area contributed by atoms with Crippen molar-refractivity contribution in [2.75, 3.05) is 21.2 Å². The predicted molar refractivity (Wildman–Crippen MR) is 63.2 cm³/mol. The summed E-state index contributed by atoms with van der Waals surface area (Å²) in [7, 11) is 4.39. The third-order valence-electron chi connectivity index (χ3n) is 2.20. The molecule has 0 saturated carbocycles. The van der Waals surface area contributed by atoms with Crippen molar-refractivity contribution in [2.45, 2.75) is 39.3 Å². The van der Waals surface area contributed by atoms with Crippen LogP contribution in [0.2, 0.25) is 0 Å². The van der Waals surface area contributed by atoms with Crippen LogP contribution in [0, 0.1) is 0 Å². The first-order valence-corrected chi connectivity index (χ1v) is 5.37. The number of rotatable bonds is 3. The molecule has 0 aliphatic heterocycles. The van der Waals surface area contributed by atoms with Crippen LogP contribution in [0.15, 0.2) is 0 Å². The van der Waals surface area contributed by atoms with Crippen LogP contribution in [0.5, 0.6) is 0 Å². The number of amides is 2. The van der Waals surface area contributed by atoms with Gasteiger partial charge in [-0.3, -0.25) is 14.5 Å². The first-order chi connectivity index (χ1) is 7.60. The van der Waals surface area contributed by atoms with Gasteiger partial charge in [-0.15, -0.1) is 0 Å². The number of hydrogen-bond donors (Lipinski definition) is 0. The number of carbonyl (C=O) groups excluding carboxylic acids is 2. The Labute approximate surface area is 102 Å². The molecule has 6 nitrogen and oxygen atoms in total. The van der Waals surface area contributed by atoms with Gasteiger partial charge in [0.05, 0.1) is 7.11 Å². The Morgan fingerprint density at radius 3 is 2.00 bits per heavy atom. The highest BCUT2D eigenvalue weighted by atomic mass is 16.7. The summed E-state index contributed by atoms with van der Waals surface area (Å²) in [5.74, 6) is -0.319. The maximum Gasteiger partial charge on any atom is 0.410 e. The fourth-order valence-corrected chi connectivity index (χ4v) is 1.01. The topological polar surface area (TPSA) is 59.1 Å². The molecule has 0 radical (unpaired) electrons. The molecule has 1 atom stereocenters. The smallest absolute Gasteiger partial charge is 0.410 e. The van der Waals surface area contributed by atoms with Crippen molar-refractivity contribution < 1.29 is 19.2 Å². The first kappa shape index (κ1) is 15.7. The lowest BCUT2D eigenvalue weighted by Gasteiger charge is -2.29. The summed E-state index contributed by atoms with van der Waals surface area (Å²) in [6, 6.07) is -0.644. The average Bonchev–Trinajstić information content (AvgIpc) is 2.22. The Morgan fingerprint density at radius 1 is 1.18 bits per heavy atom. The predicted octanol–water partition coefficient (Wildman–Crippen LogP) is 1.26. The molecule has 0 rings (SSSR count). The van der Waals surface area contributed by atoms with Crippen molar-refractivity contribution in [3.8, 4) is 0 Å². The van der Waals surface area contributed by atoms with Gasteiger partial charge in [0.15, 0.2) is 0 Å². The second-order valence-electron chi connectivity index (χ2n) is 4.79. The fraction of sp³-hybridized carbons (Fsp3) is 0.818. The van der Waals surface area contributed by atoms with E-state index in [9.17, 15) is 9.59 Å². The minimum absolute atomic E-state index is 0.319. The van der Waals surface area contributed by atoms with E-state index in [1.165, 1.54) is 26.1 Å². The highest BCUT2D eigenvalue weighted by molar-refractivity contribution is 5.84. The summed E-state index contributed by atoms with van der Waals surface area (Å²) in [6.07, 6.45) is -0.539. The molecule has 0 fully saturated rings. The molecule has 0 saturated heterocycles. The summed E-state index contributed by atoms with van der Waals surface area (Å²) in [4.78, 5) is 29.5. The van der Waals surface area contributed by atoms with E-state index in [0.717, 1.165) is 5.06 Å². The first-order valence-electron chi connectivity index (χ1n) is 5.37. The van der Waals surface area contributed by atoms with E-state index in [4.69, 9.17) is 9.57 Å². The minimum Gasteiger partial charge on any atom is -0.444 e. The zero-order valence-corrected chi connectivity index (χ0v) is 11.6. The molecule has 0 N–H and O–H groups in total. The summed E-state index contributed by atoms with van der Waals surface area (Å²) in [5, 5.41) is 1.07. The Morgan fingerprint density at radius 2 is 1.65 bits per heavy atom. The van der Waals surface area contributed by atoms with Crippen LogP contribution in [0.25, 0.3) is 0 Å². The van der Waals surface area contributed by atoms with E-state index >= 15 is 0 Å². The van der Waals surface area contributed by atoms with Crippen molar-refractivity contribution in [3.05, 3.63) is 0 Å². The lowest BCUT2D eigenvalue weighted by molar-refractivity contribution is -0.173. The second kappa shape index (κ2) is 5.86. The van der Waals surface area contributed by atoms with E-state index in [1.54, 1.807) is 27.7 Å². The van der Waals surface area contributed by atoms with E-state index in [0.29, 0.717) is 0 Å². The third kappa shape index (κ3) is 5.04. The van der Waals surface area contributed by atoms with Crippen molar-refractivity contribution in [1.82, 2.24) is 9.96 Å². The Hall–Kier alpha value is -1.30. The van der Waals surface area contributed by atoms with Crippen molar-refractivity contribution in [3.63, 3.8) is 0 Å². The number of nitrogens with zero attached hydrogens (tertiary/aromatic N) is 2. The molecule has 0 aromatic heterocycles. The van der Waals surface area contributed by atoms with Crippen LogP contribution in [-0.4, -0.2) is 54.8 Å². The quantitative estimate of drug-likeness (QED) is 0.703. The molecule has 0 aromatic carbocycles. The Balaban J connectivity index is 4.55. The summed E-state index contributed by atoms with van der Waals surface area (Å²) in [6.45, 7) is 6.92. The molecule has 2 amide bonds. The van der Waals surface area contributed by atoms with E-state index in [1.807, 2.05) is 0 Å². The second-order valence-corrected chi connectivity index (χ2v) is 4.79. The maximum atomic E-state index is 11.7. The van der Waals surface area contributed by atoms with E-state index < -0.39 is 17.7 Å². The van der Waals surface area contributed by atoms with Gasteiger partial charge in [0.1, 0.15) is 11.6 Å². The summed E-state index contributed by atoms with van der Waals surface area (Å²) < 4.78 is 5.16. The SMILES string of the molecule is CON(C)C(=O)C(C)N(C)C(=O)OC(C)(C)C. The molecule has 0 bridgehead atoms.